The number of anilines is 2. The zero-order valence-corrected chi connectivity index (χ0v) is 24.5. The molecule has 0 radical (unpaired) electrons. The molecule has 2 unspecified atom stereocenters. The Bertz CT molecular complexity index is 1710. The first-order chi connectivity index (χ1) is 20.8. The Morgan fingerprint density at radius 1 is 1.14 bits per heavy atom. The van der Waals surface area contributed by atoms with Gasteiger partial charge in [-0.1, -0.05) is 6.92 Å². The van der Waals surface area contributed by atoms with E-state index in [1.165, 1.54) is 32.0 Å². The predicted octanol–water partition coefficient (Wildman–Crippen LogP) is 4.01. The molecule has 7 rings (SSSR count). The number of ether oxygens (including phenoxy) is 1. The zero-order chi connectivity index (χ0) is 29.9. The number of benzene rings is 2. The minimum atomic E-state index is -1.05. The third kappa shape index (κ3) is 4.90. The van der Waals surface area contributed by atoms with Crippen LogP contribution in [0, 0.1) is 29.4 Å². The van der Waals surface area contributed by atoms with E-state index in [2.05, 4.69) is 33.0 Å². The molecule has 224 valence electrons. The van der Waals surface area contributed by atoms with E-state index < -0.39 is 11.6 Å². The Kier molecular flexibility index (Phi) is 6.81. The first-order valence-corrected chi connectivity index (χ1v) is 14.9. The number of amides is 1. The summed E-state index contributed by atoms with van der Waals surface area (Å²) < 4.78 is 36.9. The van der Waals surface area contributed by atoms with Gasteiger partial charge in [-0.25, -0.2) is 14.4 Å². The molecule has 3 N–H and O–H groups in total. The van der Waals surface area contributed by atoms with Crippen LogP contribution in [0.1, 0.15) is 22.8 Å². The van der Waals surface area contributed by atoms with Crippen LogP contribution >= 0.6 is 0 Å². The summed E-state index contributed by atoms with van der Waals surface area (Å²) in [6.07, 6.45) is 5.39. The van der Waals surface area contributed by atoms with Gasteiger partial charge in [0.05, 0.1) is 45.7 Å². The number of methoxy groups -OCH3 is 1. The second-order valence-electron chi connectivity index (χ2n) is 12.4. The Morgan fingerprint density at radius 2 is 1.93 bits per heavy atom. The van der Waals surface area contributed by atoms with Gasteiger partial charge in [-0.2, -0.15) is 4.39 Å². The molecule has 1 saturated carbocycles. The second-order valence-corrected chi connectivity index (χ2v) is 12.4. The van der Waals surface area contributed by atoms with Crippen molar-refractivity contribution in [1.29, 1.82) is 0 Å². The lowest BCUT2D eigenvalue weighted by Crippen LogP contribution is -2.56. The average molecular weight is 589 g/mol. The Hall–Kier alpha value is -4.09. The van der Waals surface area contributed by atoms with Crippen LogP contribution in [0.25, 0.3) is 16.9 Å². The predicted molar refractivity (Wildman–Crippen MR) is 159 cm³/mol. The number of likely N-dealkylation sites (tertiary alicyclic amines) is 1. The summed E-state index contributed by atoms with van der Waals surface area (Å²) in [7, 11) is 3.65. The van der Waals surface area contributed by atoms with Gasteiger partial charge in [-0.3, -0.25) is 9.20 Å². The van der Waals surface area contributed by atoms with Crippen LogP contribution < -0.4 is 20.7 Å². The summed E-state index contributed by atoms with van der Waals surface area (Å²) in [5, 5.41) is 9.99. The number of carbonyl (C=O) groups excluding carboxylic acids is 1. The fraction of sp³-hybridized carbons (Fsp3) is 0.406. The number of fused-ring (bicyclic) bond motifs is 2. The fourth-order valence-electron chi connectivity index (χ4n) is 7.14. The third-order valence-electron chi connectivity index (χ3n) is 9.46. The van der Waals surface area contributed by atoms with Crippen molar-refractivity contribution in [1.82, 2.24) is 25.0 Å². The molecule has 2 atom stereocenters. The number of imidazole rings is 1. The van der Waals surface area contributed by atoms with Crippen LogP contribution in [0.3, 0.4) is 0 Å². The van der Waals surface area contributed by atoms with Crippen LogP contribution in [0.15, 0.2) is 48.9 Å². The van der Waals surface area contributed by atoms with E-state index in [9.17, 15) is 13.6 Å². The van der Waals surface area contributed by atoms with Crippen LogP contribution in [0.4, 0.5) is 20.3 Å². The lowest BCUT2D eigenvalue weighted by atomic mass is 10.0. The molecule has 43 heavy (non-hydrogen) atoms. The third-order valence-corrected chi connectivity index (χ3v) is 9.46. The number of quaternary nitrogens is 1. The molecular weight excluding hydrogens is 552 g/mol. The summed E-state index contributed by atoms with van der Waals surface area (Å²) in [6, 6.07) is 8.78. The van der Waals surface area contributed by atoms with Gasteiger partial charge in [0, 0.05) is 66.1 Å². The summed E-state index contributed by atoms with van der Waals surface area (Å²) in [5.41, 5.74) is 3.25. The lowest BCUT2D eigenvalue weighted by molar-refractivity contribution is -0.906. The Labute approximate surface area is 248 Å². The van der Waals surface area contributed by atoms with Crippen molar-refractivity contribution in [2.75, 3.05) is 52.2 Å². The molecule has 3 aliphatic rings. The number of hydrogen-bond donors (Lipinski definition) is 3. The molecule has 4 heterocycles. The lowest BCUT2D eigenvalue weighted by Gasteiger charge is -2.39. The minimum absolute atomic E-state index is 0.0212. The molecule has 0 bridgehead atoms. The molecule has 0 spiro atoms. The summed E-state index contributed by atoms with van der Waals surface area (Å²) in [4.78, 5) is 22.2. The van der Waals surface area contributed by atoms with Crippen molar-refractivity contribution < 1.29 is 22.8 Å². The van der Waals surface area contributed by atoms with Gasteiger partial charge in [-0.05, 0) is 42.3 Å². The fourth-order valence-corrected chi connectivity index (χ4v) is 7.14. The molecule has 11 heteroatoms. The van der Waals surface area contributed by atoms with Crippen molar-refractivity contribution in [3.63, 3.8) is 0 Å². The van der Waals surface area contributed by atoms with Crippen LogP contribution in [-0.2, 0) is 6.42 Å². The second kappa shape index (κ2) is 10.6. The molecule has 3 fully saturated rings. The molecular formula is C32H36F2N7O2+. The minimum Gasteiger partial charge on any atom is -0.494 e. The first kappa shape index (κ1) is 27.7. The summed E-state index contributed by atoms with van der Waals surface area (Å²) in [5.74, 6) is 0.129. The van der Waals surface area contributed by atoms with Crippen LogP contribution in [0.5, 0.6) is 5.75 Å². The maximum atomic E-state index is 14.9. The number of rotatable bonds is 9. The van der Waals surface area contributed by atoms with E-state index in [0.717, 1.165) is 47.8 Å². The quantitative estimate of drug-likeness (QED) is 0.256. The summed E-state index contributed by atoms with van der Waals surface area (Å²) in [6.45, 7) is 7.81. The molecule has 4 aromatic rings. The molecule has 1 aliphatic carbocycles. The maximum Gasteiger partial charge on any atom is 0.251 e. The van der Waals surface area contributed by atoms with Crippen LogP contribution in [0.2, 0.25) is 0 Å². The van der Waals surface area contributed by atoms with Gasteiger partial charge in [0.25, 0.3) is 5.91 Å². The van der Waals surface area contributed by atoms with Gasteiger partial charge in [0.2, 0.25) is 5.82 Å². The van der Waals surface area contributed by atoms with Crippen molar-refractivity contribution in [2.45, 2.75) is 19.4 Å². The molecule has 2 aliphatic heterocycles. The molecule has 2 saturated heterocycles. The normalized spacial score (nSPS) is 24.4. The van der Waals surface area contributed by atoms with E-state index in [4.69, 9.17) is 4.74 Å². The number of nitrogens with one attached hydrogen (secondary N) is 3. The highest BCUT2D eigenvalue weighted by Crippen LogP contribution is 2.48. The smallest absolute Gasteiger partial charge is 0.251 e. The maximum absolute atomic E-state index is 14.9. The van der Waals surface area contributed by atoms with E-state index >= 15 is 0 Å². The number of hydrogen-bond acceptors (Lipinski definition) is 6. The molecule has 9 nitrogen and oxygen atoms in total. The first-order valence-electron chi connectivity index (χ1n) is 14.9. The number of aryl methyl sites for hydroxylation is 1. The van der Waals surface area contributed by atoms with E-state index in [1.807, 2.05) is 25.1 Å². The molecule has 1 amide bonds. The number of aromatic nitrogens is 3. The number of carbonyl (C=O) groups is 1. The van der Waals surface area contributed by atoms with Gasteiger partial charge >= 0.3 is 0 Å². The van der Waals surface area contributed by atoms with E-state index in [-0.39, 0.29) is 23.3 Å². The van der Waals surface area contributed by atoms with E-state index in [1.54, 1.807) is 16.8 Å². The van der Waals surface area contributed by atoms with Gasteiger partial charge in [0.15, 0.2) is 23.0 Å². The highest BCUT2D eigenvalue weighted by atomic mass is 19.2. The largest absolute Gasteiger partial charge is 0.494 e. The monoisotopic (exact) mass is 588 g/mol. The molecule has 2 aromatic heterocycles. The average Bonchev–Trinajstić information content (AvgIpc) is 3.28. The van der Waals surface area contributed by atoms with Gasteiger partial charge < -0.3 is 25.2 Å². The van der Waals surface area contributed by atoms with Crippen molar-refractivity contribution in [3.05, 3.63) is 71.7 Å². The number of halogens is 2. The van der Waals surface area contributed by atoms with Crippen molar-refractivity contribution >= 4 is 23.1 Å². The van der Waals surface area contributed by atoms with Crippen molar-refractivity contribution in [3.8, 4) is 17.0 Å². The summed E-state index contributed by atoms with van der Waals surface area (Å²) >= 11 is 0. The topological polar surface area (TPSA) is 92.6 Å². The Balaban J connectivity index is 1.06. The Morgan fingerprint density at radius 3 is 2.63 bits per heavy atom. The van der Waals surface area contributed by atoms with Gasteiger partial charge in [0.1, 0.15) is 0 Å². The van der Waals surface area contributed by atoms with E-state index in [0.29, 0.717) is 41.0 Å². The number of piperidine rings is 1. The highest BCUT2D eigenvalue weighted by molar-refractivity contribution is 5.96. The van der Waals surface area contributed by atoms with Crippen LogP contribution in [-0.4, -0.2) is 77.7 Å². The standard InChI is InChI=1S/C32H35F2N7O2/c1-4-19-11-20(5-6-21(19)32(42)39-29-23-16-41(2,17-24(23)29)15-18-12-35-13-18)38-30-31-37-14-25(40(31)10-9-36-30)22-7-8-26(43-3)28(34)27(22)33/h5-11,14,18,23-24,29,35H,4,12-13,15-17H2,1-3H3,(H-,36,38,39,42)/p+1. The van der Waals surface area contributed by atoms with Gasteiger partial charge in [-0.15, -0.1) is 0 Å². The zero-order valence-electron chi connectivity index (χ0n) is 24.5. The highest BCUT2D eigenvalue weighted by Gasteiger charge is 2.63. The van der Waals surface area contributed by atoms with Crippen molar-refractivity contribution in [2.24, 2.45) is 17.8 Å². The molecule has 2 aromatic carbocycles. The SMILES string of the molecule is CCc1cc(Nc2nccn3c(-c4ccc(OC)c(F)c4F)cnc23)ccc1C(=O)NC1C2C[N+](C)(CC3CNC3)CC21. The number of nitrogens with zero attached hydrogens (tertiary/aromatic N) is 4.